The van der Waals surface area contributed by atoms with E-state index >= 15 is 0 Å². The van der Waals surface area contributed by atoms with Gasteiger partial charge >= 0.3 is 0 Å². The minimum Gasteiger partial charge on any atom is -0.394 e. The van der Waals surface area contributed by atoms with Gasteiger partial charge in [-0.3, -0.25) is 4.79 Å². The van der Waals surface area contributed by atoms with Crippen molar-refractivity contribution in [1.29, 1.82) is 0 Å². The molecular weight excluding hydrogens is 827 g/mol. The molecule has 6 nitrogen and oxygen atoms in total. The molecule has 0 saturated carbocycles. The van der Waals surface area contributed by atoms with Gasteiger partial charge in [0, 0.05) is 0 Å². The number of hydrogen-bond acceptors (Lipinski definition) is 5. The van der Waals surface area contributed by atoms with Crippen molar-refractivity contribution in [2.45, 2.75) is 314 Å². The number of aliphatic hydroxyl groups is 4. The number of hydrogen-bond donors (Lipinski definition) is 5. The van der Waals surface area contributed by atoms with Gasteiger partial charge in [-0.2, -0.15) is 0 Å². The maximum Gasteiger partial charge on any atom is 0.249 e. The topological polar surface area (TPSA) is 110 Å². The summed E-state index contributed by atoms with van der Waals surface area (Å²) in [5, 5.41) is 44.0. The Balaban J connectivity index is 3.73. The molecule has 4 atom stereocenters. The first-order chi connectivity index (χ1) is 33.0. The van der Waals surface area contributed by atoms with Gasteiger partial charge in [-0.25, -0.2) is 0 Å². The lowest BCUT2D eigenvalue weighted by Gasteiger charge is -2.27. The first-order valence-electron chi connectivity index (χ1n) is 29.2. The third-order valence-corrected chi connectivity index (χ3v) is 13.4. The molecule has 1 amide bonds. The van der Waals surface area contributed by atoms with Crippen LogP contribution in [-0.2, 0) is 4.79 Å². The Kier molecular flexibility index (Phi) is 53.3. The van der Waals surface area contributed by atoms with Crippen LogP contribution in [0.3, 0.4) is 0 Å². The van der Waals surface area contributed by atoms with Gasteiger partial charge in [-0.15, -0.1) is 0 Å². The average molecular weight is 941 g/mol. The largest absolute Gasteiger partial charge is 0.394 e. The normalized spacial score (nSPS) is 14.2. The monoisotopic (exact) mass is 940 g/mol. The van der Waals surface area contributed by atoms with Gasteiger partial charge in [0.05, 0.1) is 18.8 Å². The van der Waals surface area contributed by atoms with Crippen LogP contribution in [0.25, 0.3) is 0 Å². The zero-order chi connectivity index (χ0) is 48.8. The molecule has 392 valence electrons. The molecule has 6 heteroatoms. The number of nitrogens with one attached hydrogen (secondary N) is 1. The van der Waals surface area contributed by atoms with Crippen molar-refractivity contribution in [1.82, 2.24) is 5.32 Å². The maximum atomic E-state index is 12.6. The van der Waals surface area contributed by atoms with Crippen LogP contribution in [0.15, 0.2) is 60.8 Å². The van der Waals surface area contributed by atoms with Crippen molar-refractivity contribution < 1.29 is 25.2 Å². The molecule has 0 aromatic carbocycles. The number of aliphatic hydroxyl groups excluding tert-OH is 4. The van der Waals surface area contributed by atoms with Gasteiger partial charge in [0.2, 0.25) is 5.91 Å². The zero-order valence-electron chi connectivity index (χ0n) is 44.4. The third-order valence-electron chi connectivity index (χ3n) is 13.4. The smallest absolute Gasteiger partial charge is 0.249 e. The first kappa shape index (κ1) is 65.0. The van der Waals surface area contributed by atoms with Gasteiger partial charge < -0.3 is 25.7 Å². The zero-order valence-corrected chi connectivity index (χ0v) is 44.4. The van der Waals surface area contributed by atoms with Crippen LogP contribution in [0.4, 0.5) is 0 Å². The summed E-state index contributed by atoms with van der Waals surface area (Å²) in [6, 6.07) is -1.02. The van der Waals surface area contributed by atoms with Gasteiger partial charge in [0.25, 0.3) is 0 Å². The van der Waals surface area contributed by atoms with E-state index in [1.807, 2.05) is 0 Å². The van der Waals surface area contributed by atoms with Crippen molar-refractivity contribution in [3.8, 4) is 0 Å². The standard InChI is InChI=1S/C61H113NO5/c1-3-5-7-9-11-13-15-17-19-21-23-25-27-28-29-30-31-32-33-35-36-38-40-42-44-46-48-50-52-54-58(64)60(66)57(56-63)62-61(67)59(65)55-53-51-49-47-45-43-41-39-37-34-26-24-22-20-18-16-14-12-10-8-6-4-2/h24,26,32-33,37-40,46,48,57-60,63-66H,3-23,25,27-31,34-36,41-45,47,49-56H2,1-2H3,(H,62,67)/b26-24-,33-32+,39-37-,40-38+,48-46+. The first-order valence-corrected chi connectivity index (χ1v) is 29.2. The molecule has 0 aliphatic rings. The van der Waals surface area contributed by atoms with Crippen molar-refractivity contribution in [3.05, 3.63) is 60.8 Å². The van der Waals surface area contributed by atoms with E-state index < -0.39 is 36.9 Å². The predicted molar refractivity (Wildman–Crippen MR) is 293 cm³/mol. The van der Waals surface area contributed by atoms with E-state index in [2.05, 4.69) is 79.9 Å². The van der Waals surface area contributed by atoms with Crippen LogP contribution >= 0.6 is 0 Å². The highest BCUT2D eigenvalue weighted by molar-refractivity contribution is 5.80. The summed E-state index contributed by atoms with van der Waals surface area (Å²) >= 11 is 0. The lowest BCUT2D eigenvalue weighted by Crippen LogP contribution is -2.53. The number of amides is 1. The van der Waals surface area contributed by atoms with Crippen LogP contribution in [0.1, 0.15) is 290 Å². The molecule has 0 saturated heterocycles. The molecule has 0 fully saturated rings. The molecule has 0 spiro atoms. The second-order valence-electron chi connectivity index (χ2n) is 20.0. The van der Waals surface area contributed by atoms with E-state index in [-0.39, 0.29) is 0 Å². The summed E-state index contributed by atoms with van der Waals surface area (Å²) in [5.41, 5.74) is 0. The van der Waals surface area contributed by atoms with Crippen LogP contribution in [0, 0.1) is 0 Å². The van der Waals surface area contributed by atoms with E-state index in [1.165, 1.54) is 186 Å². The van der Waals surface area contributed by atoms with E-state index in [9.17, 15) is 25.2 Å². The summed E-state index contributed by atoms with van der Waals surface area (Å²) in [4.78, 5) is 12.6. The summed E-state index contributed by atoms with van der Waals surface area (Å²) in [5.74, 6) is -0.607. The van der Waals surface area contributed by atoms with Crippen LogP contribution in [-0.4, -0.2) is 57.3 Å². The maximum absolute atomic E-state index is 12.6. The summed E-state index contributed by atoms with van der Waals surface area (Å²) < 4.78 is 0. The molecule has 0 heterocycles. The Morgan fingerprint density at radius 3 is 1.03 bits per heavy atom. The van der Waals surface area contributed by atoms with Crippen LogP contribution < -0.4 is 5.32 Å². The Morgan fingerprint density at radius 1 is 0.373 bits per heavy atom. The molecule has 0 rings (SSSR count). The Labute approximate surface area is 416 Å². The van der Waals surface area contributed by atoms with E-state index in [1.54, 1.807) is 0 Å². The number of carbonyl (C=O) groups excluding carboxylic acids is 1. The number of carbonyl (C=O) groups is 1. The highest BCUT2D eigenvalue weighted by atomic mass is 16.3. The molecule has 0 radical (unpaired) electrons. The van der Waals surface area contributed by atoms with E-state index in [0.29, 0.717) is 19.3 Å². The van der Waals surface area contributed by atoms with Gasteiger partial charge in [0.15, 0.2) is 0 Å². The van der Waals surface area contributed by atoms with Gasteiger partial charge in [-0.1, -0.05) is 254 Å². The van der Waals surface area contributed by atoms with Crippen molar-refractivity contribution in [2.24, 2.45) is 0 Å². The lowest BCUT2D eigenvalue weighted by molar-refractivity contribution is -0.132. The molecule has 0 bridgehead atoms. The second-order valence-corrected chi connectivity index (χ2v) is 20.0. The minimum atomic E-state index is -1.30. The fraction of sp³-hybridized carbons (Fsp3) is 0.820. The summed E-state index contributed by atoms with van der Waals surface area (Å²) in [6.45, 7) is 4.06. The van der Waals surface area contributed by atoms with Crippen molar-refractivity contribution in [2.75, 3.05) is 6.61 Å². The molecule has 0 aliphatic carbocycles. The highest BCUT2D eigenvalue weighted by Crippen LogP contribution is 2.16. The number of rotatable bonds is 53. The van der Waals surface area contributed by atoms with Crippen LogP contribution in [0.5, 0.6) is 0 Å². The molecule has 4 unspecified atom stereocenters. The quantitative estimate of drug-likeness (QED) is 0.0308. The lowest BCUT2D eigenvalue weighted by atomic mass is 10.00. The molecule has 67 heavy (non-hydrogen) atoms. The summed E-state index contributed by atoms with van der Waals surface area (Å²) in [6.07, 6.45) is 71.5. The van der Waals surface area contributed by atoms with Crippen molar-refractivity contribution in [3.63, 3.8) is 0 Å². The molecule has 0 aromatic rings. The van der Waals surface area contributed by atoms with Gasteiger partial charge in [0.1, 0.15) is 12.2 Å². The number of unbranched alkanes of at least 4 members (excludes halogenated alkanes) is 34. The molecule has 5 N–H and O–H groups in total. The Hall–Kier alpha value is -1.99. The molecule has 0 aliphatic heterocycles. The second kappa shape index (κ2) is 54.9. The SMILES string of the molecule is CCCCCCCCCCC/C=C\C/C=C\CCCCCCCCC(O)C(=O)NC(CO)C(O)C(O)CCC/C=C/CC/C=C/CC/C=C/CCCCCCCCCCCCCCCCCC. The fourth-order valence-corrected chi connectivity index (χ4v) is 8.82. The Bertz CT molecular complexity index is 1150. The average Bonchev–Trinajstić information content (AvgIpc) is 3.33. The Morgan fingerprint density at radius 2 is 0.672 bits per heavy atom. The number of allylic oxidation sites excluding steroid dienone is 10. The third kappa shape index (κ3) is 48.8. The van der Waals surface area contributed by atoms with Crippen molar-refractivity contribution >= 4 is 5.91 Å². The van der Waals surface area contributed by atoms with Gasteiger partial charge in [-0.05, 0) is 96.3 Å². The molecule has 0 aromatic heterocycles. The molecular formula is C61H113NO5. The van der Waals surface area contributed by atoms with E-state index in [4.69, 9.17) is 0 Å². The fourth-order valence-electron chi connectivity index (χ4n) is 8.82. The summed E-state index contributed by atoms with van der Waals surface area (Å²) in [7, 11) is 0. The minimum absolute atomic E-state index is 0.344. The highest BCUT2D eigenvalue weighted by Gasteiger charge is 2.28. The van der Waals surface area contributed by atoms with E-state index in [0.717, 1.165) is 70.6 Å². The predicted octanol–water partition coefficient (Wildman–Crippen LogP) is 17.1. The van der Waals surface area contributed by atoms with Crippen LogP contribution in [0.2, 0.25) is 0 Å².